The van der Waals surface area contributed by atoms with Crippen molar-refractivity contribution in [2.45, 2.75) is 12.2 Å². The Morgan fingerprint density at radius 1 is 0.960 bits per heavy atom. The van der Waals surface area contributed by atoms with E-state index in [1.807, 2.05) is 24.3 Å². The van der Waals surface area contributed by atoms with Gasteiger partial charge in [-0.05, 0) is 47.7 Å². The van der Waals surface area contributed by atoms with Gasteiger partial charge in [0.2, 0.25) is 0 Å². The van der Waals surface area contributed by atoms with Gasteiger partial charge in [-0.25, -0.2) is 0 Å². The van der Waals surface area contributed by atoms with Crippen LogP contribution in [-0.4, -0.2) is 31.4 Å². The molecule has 3 rings (SSSR count). The third-order valence-corrected chi connectivity index (χ3v) is 3.84. The summed E-state index contributed by atoms with van der Waals surface area (Å²) >= 11 is 0. The minimum absolute atomic E-state index is 0.203. The maximum Gasteiger partial charge on any atom is 0.138 e. The minimum Gasteiger partial charge on any atom is -0.457 e. The Labute approximate surface area is 145 Å². The molecule has 0 saturated heterocycles. The zero-order chi connectivity index (χ0) is 17.6. The molecule has 1 aliphatic rings. The van der Waals surface area contributed by atoms with Gasteiger partial charge in [-0.15, -0.1) is 4.91 Å². The number of hydrogen-bond acceptors (Lipinski definition) is 6. The van der Waals surface area contributed by atoms with E-state index in [9.17, 15) is 4.91 Å². The Bertz CT molecular complexity index is 891. The number of hydrogen-bond donors (Lipinski definition) is 0. The van der Waals surface area contributed by atoms with E-state index in [-0.39, 0.29) is 12.2 Å². The van der Waals surface area contributed by atoms with Gasteiger partial charge in [0.25, 0.3) is 0 Å². The van der Waals surface area contributed by atoms with Gasteiger partial charge in [-0.1, -0.05) is 12.2 Å². The monoisotopic (exact) mass is 338 g/mol. The van der Waals surface area contributed by atoms with Gasteiger partial charge in [-0.2, -0.15) is 0 Å². The molecule has 0 N–H and O–H groups in total. The summed E-state index contributed by atoms with van der Waals surface area (Å²) < 4.78 is 16.9. The van der Waals surface area contributed by atoms with E-state index in [4.69, 9.17) is 14.2 Å². The highest BCUT2D eigenvalue weighted by molar-refractivity contribution is 5.47. The molecule has 2 unspecified atom stereocenters. The van der Waals surface area contributed by atoms with E-state index < -0.39 is 0 Å². The zero-order valence-corrected chi connectivity index (χ0v) is 14.0. The first-order valence-electron chi connectivity index (χ1n) is 7.77. The fraction of sp³-hybridized carbons (Fsp3) is 0.211. The highest BCUT2D eigenvalue weighted by Crippen LogP contribution is 2.21. The summed E-state index contributed by atoms with van der Waals surface area (Å²) in [4.78, 5) is 15.0. The predicted octanol–water partition coefficient (Wildman–Crippen LogP) is 2.43. The molecule has 1 aromatic carbocycles. The first-order chi connectivity index (χ1) is 12.2. The summed E-state index contributed by atoms with van der Waals surface area (Å²) in [5.74, 6) is 1.24. The number of methoxy groups -OCH3 is 2. The molecule has 0 fully saturated rings. The number of pyridine rings is 1. The van der Waals surface area contributed by atoms with Crippen molar-refractivity contribution >= 4 is 17.8 Å². The molecule has 1 aromatic heterocycles. The maximum atomic E-state index is 10.5. The van der Waals surface area contributed by atoms with Crippen LogP contribution in [-0.2, 0) is 9.47 Å². The van der Waals surface area contributed by atoms with Gasteiger partial charge >= 0.3 is 0 Å². The van der Waals surface area contributed by atoms with Crippen molar-refractivity contribution in [3.63, 3.8) is 0 Å². The average Bonchev–Trinajstić information content (AvgIpc) is 2.63. The van der Waals surface area contributed by atoms with Crippen molar-refractivity contribution in [2.24, 2.45) is 5.18 Å². The Balaban J connectivity index is 2.07. The van der Waals surface area contributed by atoms with Gasteiger partial charge in [0.1, 0.15) is 17.2 Å². The summed E-state index contributed by atoms with van der Waals surface area (Å²) in [7, 11) is 3.28. The molecule has 0 radical (unpaired) electrons. The summed E-state index contributed by atoms with van der Waals surface area (Å²) in [6.07, 6.45) is 8.96. The SMILES string of the molecule is COC1C=CC(OC)C=c2c(Oc3ccc(N=O)cc3)ccnc2=C1. The fourth-order valence-corrected chi connectivity index (χ4v) is 2.51. The summed E-state index contributed by atoms with van der Waals surface area (Å²) in [6.45, 7) is 0. The van der Waals surface area contributed by atoms with E-state index in [1.54, 1.807) is 50.7 Å². The lowest BCUT2D eigenvalue weighted by Gasteiger charge is -2.13. The standard InChI is InChI=1S/C19H18N2O4/c1-23-15-7-8-16(24-2)12-18-17(11-15)19(9-10-20-18)25-14-5-3-13(21-22)4-6-14/h3-12,15-16H,1-2H3. The van der Waals surface area contributed by atoms with E-state index in [0.717, 1.165) is 10.6 Å². The van der Waals surface area contributed by atoms with Crippen LogP contribution in [0.4, 0.5) is 5.69 Å². The Morgan fingerprint density at radius 2 is 1.64 bits per heavy atom. The van der Waals surface area contributed by atoms with E-state index >= 15 is 0 Å². The van der Waals surface area contributed by atoms with Gasteiger partial charge in [0.05, 0.1) is 17.6 Å². The summed E-state index contributed by atoms with van der Waals surface area (Å²) in [5, 5.41) is 4.46. The fourth-order valence-electron chi connectivity index (χ4n) is 2.51. The molecular weight excluding hydrogens is 320 g/mol. The van der Waals surface area contributed by atoms with Crippen LogP contribution < -0.4 is 15.3 Å². The predicted molar refractivity (Wildman–Crippen MR) is 95.1 cm³/mol. The molecule has 1 heterocycles. The van der Waals surface area contributed by atoms with Gasteiger partial charge in [0.15, 0.2) is 0 Å². The van der Waals surface area contributed by atoms with Crippen LogP contribution in [0.3, 0.4) is 0 Å². The van der Waals surface area contributed by atoms with Crippen LogP contribution in [0.15, 0.2) is 53.9 Å². The summed E-state index contributed by atoms with van der Waals surface area (Å²) in [6, 6.07) is 8.38. The molecule has 2 atom stereocenters. The smallest absolute Gasteiger partial charge is 0.138 e. The number of nitrogens with zero attached hydrogens (tertiary/aromatic N) is 2. The molecule has 0 bridgehead atoms. The number of fused-ring (bicyclic) bond motifs is 1. The van der Waals surface area contributed by atoms with Crippen molar-refractivity contribution < 1.29 is 14.2 Å². The lowest BCUT2D eigenvalue weighted by Crippen LogP contribution is -2.33. The number of benzene rings is 1. The van der Waals surface area contributed by atoms with Crippen molar-refractivity contribution in [1.82, 2.24) is 4.98 Å². The normalized spacial score (nSPS) is 19.0. The maximum absolute atomic E-state index is 10.5. The second-order valence-corrected chi connectivity index (χ2v) is 5.41. The molecule has 0 aliphatic heterocycles. The van der Waals surface area contributed by atoms with Crippen LogP contribution in [0, 0.1) is 4.91 Å². The van der Waals surface area contributed by atoms with Crippen LogP contribution in [0.1, 0.15) is 0 Å². The Kier molecular flexibility index (Phi) is 5.33. The summed E-state index contributed by atoms with van der Waals surface area (Å²) in [5.41, 5.74) is 0.352. The van der Waals surface area contributed by atoms with E-state index in [1.165, 1.54) is 0 Å². The van der Waals surface area contributed by atoms with E-state index in [0.29, 0.717) is 17.2 Å². The molecule has 6 heteroatoms. The zero-order valence-electron chi connectivity index (χ0n) is 14.0. The molecule has 1 aliphatic carbocycles. The number of aromatic nitrogens is 1. The molecule has 0 amide bonds. The van der Waals surface area contributed by atoms with Crippen LogP contribution >= 0.6 is 0 Å². The van der Waals surface area contributed by atoms with Crippen LogP contribution in [0.25, 0.3) is 12.2 Å². The van der Waals surface area contributed by atoms with Crippen LogP contribution in [0.2, 0.25) is 0 Å². The molecule has 0 spiro atoms. The van der Waals surface area contributed by atoms with Crippen molar-refractivity contribution in [3.05, 3.63) is 64.2 Å². The van der Waals surface area contributed by atoms with Crippen molar-refractivity contribution in [1.29, 1.82) is 0 Å². The molecule has 128 valence electrons. The molecule has 25 heavy (non-hydrogen) atoms. The second-order valence-electron chi connectivity index (χ2n) is 5.41. The van der Waals surface area contributed by atoms with Crippen molar-refractivity contribution in [3.8, 4) is 11.5 Å². The van der Waals surface area contributed by atoms with Gasteiger partial charge < -0.3 is 14.2 Å². The third-order valence-electron chi connectivity index (χ3n) is 3.84. The Hall–Kier alpha value is -2.83. The topological polar surface area (TPSA) is 70.0 Å². The minimum atomic E-state index is -0.224. The number of nitroso groups, excluding NO2 is 1. The first-order valence-corrected chi connectivity index (χ1v) is 7.77. The molecular formula is C19H18N2O4. The number of rotatable bonds is 5. The molecule has 2 aromatic rings. The first kappa shape index (κ1) is 17.0. The largest absolute Gasteiger partial charge is 0.457 e. The van der Waals surface area contributed by atoms with E-state index in [2.05, 4.69) is 10.2 Å². The average molecular weight is 338 g/mol. The highest BCUT2D eigenvalue weighted by atomic mass is 16.5. The quantitative estimate of drug-likeness (QED) is 0.619. The lowest BCUT2D eigenvalue weighted by atomic mass is 10.1. The Morgan fingerprint density at radius 3 is 2.28 bits per heavy atom. The van der Waals surface area contributed by atoms with Crippen molar-refractivity contribution in [2.75, 3.05) is 14.2 Å². The highest BCUT2D eigenvalue weighted by Gasteiger charge is 2.10. The third kappa shape index (κ3) is 3.99. The van der Waals surface area contributed by atoms with Crippen LogP contribution in [0.5, 0.6) is 11.5 Å². The second kappa shape index (κ2) is 7.83. The number of ether oxygens (including phenoxy) is 3. The van der Waals surface area contributed by atoms with Gasteiger partial charge in [0, 0.05) is 25.6 Å². The molecule has 6 nitrogen and oxygen atoms in total. The molecule has 0 saturated carbocycles. The van der Waals surface area contributed by atoms with Gasteiger partial charge in [-0.3, -0.25) is 4.98 Å². The lowest BCUT2D eigenvalue weighted by molar-refractivity contribution is 0.176.